The molecule has 8 heteroatoms. The summed E-state index contributed by atoms with van der Waals surface area (Å²) in [5.74, 6) is 1.97. The Hall–Kier alpha value is -2.03. The molecular formula is C23H34N4O3S. The van der Waals surface area contributed by atoms with Gasteiger partial charge < -0.3 is 9.64 Å². The van der Waals surface area contributed by atoms with Gasteiger partial charge in [-0.2, -0.15) is 4.31 Å². The van der Waals surface area contributed by atoms with E-state index in [1.165, 1.54) is 21.7 Å². The average molecular weight is 447 g/mol. The van der Waals surface area contributed by atoms with Crippen molar-refractivity contribution >= 4 is 15.8 Å². The Morgan fingerprint density at radius 1 is 1.16 bits per heavy atom. The monoisotopic (exact) mass is 446 g/mol. The number of nitrogens with zero attached hydrogens (tertiary/aromatic N) is 4. The van der Waals surface area contributed by atoms with Crippen LogP contribution in [0.1, 0.15) is 54.4 Å². The van der Waals surface area contributed by atoms with Crippen molar-refractivity contribution in [2.75, 3.05) is 44.4 Å². The first kappa shape index (κ1) is 23.6. The Bertz CT molecular complexity index is 1000. The maximum atomic E-state index is 12.0. The molecule has 0 radical (unpaired) electrons. The molecule has 1 saturated heterocycles. The van der Waals surface area contributed by atoms with E-state index in [2.05, 4.69) is 49.9 Å². The summed E-state index contributed by atoms with van der Waals surface area (Å²) < 4.78 is 31.0. The second kappa shape index (κ2) is 10.1. The van der Waals surface area contributed by atoms with Crippen molar-refractivity contribution in [2.24, 2.45) is 0 Å². The number of methoxy groups -OCH3 is 1. The number of rotatable bonds is 8. The molecule has 0 N–H and O–H groups in total. The van der Waals surface area contributed by atoms with Crippen LogP contribution < -0.4 is 4.90 Å². The number of ether oxygens (including phenoxy) is 1. The number of hydrogen-bond donors (Lipinski definition) is 0. The minimum atomic E-state index is -3.18. The molecule has 1 unspecified atom stereocenters. The van der Waals surface area contributed by atoms with Crippen molar-refractivity contribution in [3.05, 3.63) is 52.5 Å². The minimum Gasteiger partial charge on any atom is -0.378 e. The molecule has 1 aliphatic rings. The van der Waals surface area contributed by atoms with E-state index in [4.69, 9.17) is 14.7 Å². The zero-order chi connectivity index (χ0) is 22.6. The van der Waals surface area contributed by atoms with Gasteiger partial charge in [0.1, 0.15) is 11.6 Å². The normalized spacial score (nSPS) is 16.5. The van der Waals surface area contributed by atoms with Crippen LogP contribution in [0.25, 0.3) is 0 Å². The molecule has 1 fully saturated rings. The van der Waals surface area contributed by atoms with E-state index < -0.39 is 10.0 Å². The minimum absolute atomic E-state index is 0.236. The molecule has 3 rings (SSSR count). The molecule has 1 aromatic heterocycles. The predicted molar refractivity (Wildman–Crippen MR) is 124 cm³/mol. The zero-order valence-electron chi connectivity index (χ0n) is 19.3. The third-order valence-corrected chi connectivity index (χ3v) is 7.20. The highest BCUT2D eigenvalue weighted by molar-refractivity contribution is 7.88. The van der Waals surface area contributed by atoms with E-state index in [0.29, 0.717) is 39.2 Å². The molecule has 1 aliphatic heterocycles. The van der Waals surface area contributed by atoms with Crippen molar-refractivity contribution in [1.29, 1.82) is 0 Å². The number of piperazine rings is 1. The third-order valence-electron chi connectivity index (χ3n) is 5.89. The first-order chi connectivity index (χ1) is 14.7. The summed E-state index contributed by atoms with van der Waals surface area (Å²) in [5, 5.41) is 0. The fourth-order valence-corrected chi connectivity index (χ4v) is 4.72. The predicted octanol–water partition coefficient (Wildman–Crippen LogP) is 3.12. The number of hydrogen-bond acceptors (Lipinski definition) is 6. The van der Waals surface area contributed by atoms with E-state index in [1.807, 2.05) is 0 Å². The van der Waals surface area contributed by atoms with Gasteiger partial charge in [0, 0.05) is 51.2 Å². The maximum absolute atomic E-state index is 12.0. The summed E-state index contributed by atoms with van der Waals surface area (Å²) in [7, 11) is -1.50. The summed E-state index contributed by atoms with van der Waals surface area (Å²) in [6, 6.07) is 8.47. The molecule has 2 aromatic rings. The van der Waals surface area contributed by atoms with Crippen molar-refractivity contribution < 1.29 is 13.2 Å². The third kappa shape index (κ3) is 5.81. The average Bonchev–Trinajstić information content (AvgIpc) is 2.74. The number of benzene rings is 1. The van der Waals surface area contributed by atoms with Gasteiger partial charge in [0.25, 0.3) is 0 Å². The first-order valence-electron chi connectivity index (χ1n) is 10.9. The molecule has 0 saturated carbocycles. The fraction of sp³-hybridized carbons (Fsp3) is 0.565. The van der Waals surface area contributed by atoms with Crippen LogP contribution in [-0.2, 0) is 27.8 Å². The Morgan fingerprint density at radius 3 is 2.45 bits per heavy atom. The molecule has 0 bridgehead atoms. The fourth-order valence-electron chi connectivity index (χ4n) is 3.90. The SMILES string of the molecule is CCC(C)c1nc(COC)c(Cc2cccc(C)c2)c(N2CCN(S(C)(=O)=O)CC2)n1. The van der Waals surface area contributed by atoms with Gasteiger partial charge >= 0.3 is 0 Å². The van der Waals surface area contributed by atoms with Crippen molar-refractivity contribution in [3.63, 3.8) is 0 Å². The Balaban J connectivity index is 2.04. The van der Waals surface area contributed by atoms with E-state index in [9.17, 15) is 8.42 Å². The summed E-state index contributed by atoms with van der Waals surface area (Å²) in [6.45, 7) is 8.92. The van der Waals surface area contributed by atoms with Gasteiger partial charge in [-0.25, -0.2) is 18.4 Å². The van der Waals surface area contributed by atoms with E-state index in [0.717, 1.165) is 29.3 Å². The zero-order valence-corrected chi connectivity index (χ0v) is 20.1. The number of aromatic nitrogens is 2. The number of anilines is 1. The van der Waals surface area contributed by atoms with Gasteiger partial charge in [0.2, 0.25) is 10.0 Å². The lowest BCUT2D eigenvalue weighted by atomic mass is 10.0. The molecule has 1 aromatic carbocycles. The summed E-state index contributed by atoms with van der Waals surface area (Å²) in [4.78, 5) is 12.1. The van der Waals surface area contributed by atoms with E-state index in [-0.39, 0.29) is 5.92 Å². The molecule has 0 aliphatic carbocycles. The van der Waals surface area contributed by atoms with Crippen LogP contribution in [0.15, 0.2) is 24.3 Å². The van der Waals surface area contributed by atoms with Gasteiger partial charge in [-0.3, -0.25) is 0 Å². The highest BCUT2D eigenvalue weighted by atomic mass is 32.2. The summed E-state index contributed by atoms with van der Waals surface area (Å²) >= 11 is 0. The molecule has 170 valence electrons. The highest BCUT2D eigenvalue weighted by Gasteiger charge is 2.27. The van der Waals surface area contributed by atoms with Gasteiger partial charge in [0.15, 0.2) is 0 Å². The molecule has 7 nitrogen and oxygen atoms in total. The van der Waals surface area contributed by atoms with Crippen LogP contribution in [0.5, 0.6) is 0 Å². The maximum Gasteiger partial charge on any atom is 0.211 e. The van der Waals surface area contributed by atoms with Gasteiger partial charge in [-0.15, -0.1) is 0 Å². The summed E-state index contributed by atoms with van der Waals surface area (Å²) in [6.07, 6.45) is 2.93. The van der Waals surface area contributed by atoms with Crippen LogP contribution in [0, 0.1) is 6.92 Å². The number of sulfonamides is 1. The smallest absolute Gasteiger partial charge is 0.211 e. The van der Waals surface area contributed by atoms with Crippen molar-refractivity contribution in [1.82, 2.24) is 14.3 Å². The molecule has 0 amide bonds. The highest BCUT2D eigenvalue weighted by Crippen LogP contribution is 2.29. The lowest BCUT2D eigenvalue weighted by Crippen LogP contribution is -2.49. The quantitative estimate of drug-likeness (QED) is 0.620. The van der Waals surface area contributed by atoms with Gasteiger partial charge in [-0.05, 0) is 18.9 Å². The summed E-state index contributed by atoms with van der Waals surface area (Å²) in [5.41, 5.74) is 4.39. The largest absolute Gasteiger partial charge is 0.378 e. The van der Waals surface area contributed by atoms with Crippen LogP contribution in [0.4, 0.5) is 5.82 Å². The molecule has 1 atom stereocenters. The van der Waals surface area contributed by atoms with E-state index in [1.54, 1.807) is 7.11 Å². The molecule has 2 heterocycles. The topological polar surface area (TPSA) is 75.6 Å². The second-order valence-electron chi connectivity index (χ2n) is 8.39. The molecule has 31 heavy (non-hydrogen) atoms. The van der Waals surface area contributed by atoms with Crippen LogP contribution >= 0.6 is 0 Å². The Labute approximate surface area is 186 Å². The lowest BCUT2D eigenvalue weighted by molar-refractivity contribution is 0.180. The number of aryl methyl sites for hydroxylation is 1. The van der Waals surface area contributed by atoms with Crippen molar-refractivity contribution in [3.8, 4) is 0 Å². The standard InChI is InChI=1S/C23H34N4O3S/c1-6-18(3)22-24-21(16-30-4)20(15-19-9-7-8-17(2)14-19)23(25-22)26-10-12-27(13-11-26)31(5,28)29/h7-9,14,18H,6,10-13,15-16H2,1-5H3. The molecule has 0 spiro atoms. The van der Waals surface area contributed by atoms with Crippen LogP contribution in [0.3, 0.4) is 0 Å². The van der Waals surface area contributed by atoms with Gasteiger partial charge in [-0.1, -0.05) is 43.7 Å². The van der Waals surface area contributed by atoms with Crippen molar-refractivity contribution in [2.45, 2.75) is 46.1 Å². The van der Waals surface area contributed by atoms with Gasteiger partial charge in [0.05, 0.1) is 18.6 Å². The lowest BCUT2D eigenvalue weighted by Gasteiger charge is -2.35. The van der Waals surface area contributed by atoms with Crippen LogP contribution in [0.2, 0.25) is 0 Å². The first-order valence-corrected chi connectivity index (χ1v) is 12.7. The Morgan fingerprint density at radius 2 is 1.87 bits per heavy atom. The van der Waals surface area contributed by atoms with Crippen LogP contribution in [-0.4, -0.2) is 62.2 Å². The van der Waals surface area contributed by atoms with E-state index >= 15 is 0 Å². The second-order valence-corrected chi connectivity index (χ2v) is 10.4. The molecular weight excluding hydrogens is 412 g/mol. The Kier molecular flexibility index (Phi) is 7.67.